The van der Waals surface area contributed by atoms with E-state index in [1.165, 1.54) is 0 Å². The fourth-order valence-electron chi connectivity index (χ4n) is 7.08. The number of anilines is 1. The normalized spacial score (nSPS) is 13.2. The maximum absolute atomic E-state index is 13.8. The number of nitrogens with zero attached hydrogens (tertiary/aromatic N) is 8. The second-order valence-electron chi connectivity index (χ2n) is 15.3. The highest BCUT2D eigenvalue weighted by atomic mass is 32.2. The highest BCUT2D eigenvalue weighted by Crippen LogP contribution is 2.50. The molecular weight excluding hydrogens is 1160 g/mol. The summed E-state index contributed by atoms with van der Waals surface area (Å²) in [6.45, 7) is 0. The third-order valence-corrected chi connectivity index (χ3v) is 16.3. The van der Waals surface area contributed by atoms with Crippen molar-refractivity contribution in [3.63, 3.8) is 0 Å². The molecule has 6 rings (SSSR count). The Morgan fingerprint density at radius 1 is 0.494 bits per heavy atom. The van der Waals surface area contributed by atoms with Crippen LogP contribution in [0.25, 0.3) is 21.5 Å². The quantitative estimate of drug-likeness (QED) is 0.0123. The van der Waals surface area contributed by atoms with Crippen molar-refractivity contribution in [1.82, 2.24) is 0 Å². The van der Waals surface area contributed by atoms with Gasteiger partial charge >= 0.3 is 0 Å². The summed E-state index contributed by atoms with van der Waals surface area (Å²) in [7, 11) is -28.3. The standard InChI is InChI=1S/C38H33N9O24S6/c1-69-75(63,64)29-13-18-10-21(17-74(60,61)62)33(43-40-26-7-4-22(46(50)51)11-19(26)15-72(54,55)56)37(49)31(18)32(39)34(29)44-42-28-9-6-24-25(38(28)77(67,68)71-3)14-30(76(65,66)70-2)35(36(24)48)45-41-27-8-5-23(47(52)53)12-20(27)16-73(57,58)59/h4-14,48-49H,15-17,39H2,1-3H3,(H,54,55,56)(H,57,58,59)(H,60,61,62). The highest BCUT2D eigenvalue weighted by Gasteiger charge is 2.32. The molecule has 0 bridgehead atoms. The van der Waals surface area contributed by atoms with Crippen LogP contribution in [0.1, 0.15) is 16.7 Å². The summed E-state index contributed by atoms with van der Waals surface area (Å²) in [4.78, 5) is 17.7. The third kappa shape index (κ3) is 12.9. The zero-order chi connectivity index (χ0) is 57.5. The lowest BCUT2D eigenvalue weighted by molar-refractivity contribution is -0.385. The van der Waals surface area contributed by atoms with Gasteiger partial charge in [-0.15, -0.1) is 20.5 Å². The van der Waals surface area contributed by atoms with Crippen LogP contribution in [0, 0.1) is 20.2 Å². The first-order valence-corrected chi connectivity index (χ1v) is 29.1. The minimum atomic E-state index is -5.19. The van der Waals surface area contributed by atoms with Crippen molar-refractivity contribution in [1.29, 1.82) is 0 Å². The van der Waals surface area contributed by atoms with Crippen molar-refractivity contribution in [2.24, 2.45) is 30.7 Å². The van der Waals surface area contributed by atoms with Crippen LogP contribution in [-0.4, -0.2) is 106 Å². The number of phenols is 2. The Bertz CT molecular complexity index is 4330. The van der Waals surface area contributed by atoms with E-state index in [9.17, 15) is 94.6 Å². The summed E-state index contributed by atoms with van der Waals surface area (Å²) < 4.78 is 196. The molecule has 6 aromatic rings. The Morgan fingerprint density at radius 3 is 1.36 bits per heavy atom. The Balaban J connectivity index is 1.64. The Morgan fingerprint density at radius 2 is 0.909 bits per heavy atom. The van der Waals surface area contributed by atoms with Gasteiger partial charge in [-0.3, -0.25) is 46.4 Å². The second-order valence-corrected chi connectivity index (χ2v) is 24.7. The van der Waals surface area contributed by atoms with E-state index in [0.29, 0.717) is 45.6 Å². The van der Waals surface area contributed by atoms with Crippen molar-refractivity contribution >= 4 is 133 Å². The number of nitrogen functional groups attached to an aromatic ring is 1. The van der Waals surface area contributed by atoms with Gasteiger partial charge in [-0.05, 0) is 47.9 Å². The lowest BCUT2D eigenvalue weighted by Gasteiger charge is -2.16. The molecule has 33 nitrogen and oxygen atoms in total. The molecule has 0 amide bonds. The number of azo groups is 3. The summed E-state index contributed by atoms with van der Waals surface area (Å²) in [6, 6.07) is 8.58. The number of fused-ring (bicyclic) bond motifs is 2. The zero-order valence-corrected chi connectivity index (χ0v) is 43.5. The third-order valence-electron chi connectivity index (χ3n) is 10.4. The van der Waals surface area contributed by atoms with Crippen molar-refractivity contribution in [2.45, 2.75) is 31.9 Å². The van der Waals surface area contributed by atoms with E-state index in [-0.39, 0.29) is 0 Å². The lowest BCUT2D eigenvalue weighted by atomic mass is 10.0. The van der Waals surface area contributed by atoms with Crippen LogP contribution in [0.5, 0.6) is 11.5 Å². The fourth-order valence-corrected chi connectivity index (χ4v) is 11.6. The number of nitrogens with two attached hydrogens (primary N) is 1. The molecule has 0 aliphatic heterocycles. The maximum atomic E-state index is 13.8. The number of nitro benzene ring substituents is 2. The molecule has 39 heteroatoms. The maximum Gasteiger partial charge on any atom is 0.299 e. The molecule has 0 aromatic heterocycles. The van der Waals surface area contributed by atoms with Crippen molar-refractivity contribution in [2.75, 3.05) is 27.1 Å². The molecule has 77 heavy (non-hydrogen) atoms. The van der Waals surface area contributed by atoms with Gasteiger partial charge in [-0.25, -0.2) is 0 Å². The molecule has 0 atom stereocenters. The first-order chi connectivity index (χ1) is 35.5. The van der Waals surface area contributed by atoms with Gasteiger partial charge in [-0.2, -0.15) is 60.7 Å². The molecule has 0 radical (unpaired) electrons. The highest BCUT2D eigenvalue weighted by molar-refractivity contribution is 7.88. The van der Waals surface area contributed by atoms with Crippen molar-refractivity contribution in [3.8, 4) is 11.5 Å². The minimum absolute atomic E-state index is 0.457. The van der Waals surface area contributed by atoms with Crippen LogP contribution in [0.4, 0.5) is 51.2 Å². The van der Waals surface area contributed by atoms with Gasteiger partial charge in [0, 0.05) is 51.7 Å². The van der Waals surface area contributed by atoms with Gasteiger partial charge < -0.3 is 15.9 Å². The fraction of sp³-hybridized carbons (Fsp3) is 0.158. The van der Waals surface area contributed by atoms with E-state index in [0.717, 1.165) is 42.5 Å². The molecule has 410 valence electrons. The minimum Gasteiger partial charge on any atom is -0.505 e. The number of aromatic hydroxyl groups is 2. The van der Waals surface area contributed by atoms with E-state index in [1.807, 2.05) is 0 Å². The molecule has 7 N–H and O–H groups in total. The summed E-state index contributed by atoms with van der Waals surface area (Å²) in [5.74, 6) is -6.27. The van der Waals surface area contributed by atoms with Gasteiger partial charge in [0.1, 0.15) is 54.7 Å². The Hall–Kier alpha value is -7.70. The summed E-state index contributed by atoms with van der Waals surface area (Å²) in [5, 5.41) is 66.4. The lowest BCUT2D eigenvalue weighted by Crippen LogP contribution is -2.07. The predicted molar refractivity (Wildman–Crippen MR) is 263 cm³/mol. The van der Waals surface area contributed by atoms with Gasteiger partial charge in [0.05, 0.1) is 53.6 Å². The first-order valence-electron chi connectivity index (χ1n) is 20.0. The molecule has 0 unspecified atom stereocenters. The number of hydrogen-bond acceptors (Lipinski definition) is 28. The molecular formula is C38H33N9O24S6. The average molecular weight is 1190 g/mol. The summed E-state index contributed by atoms with van der Waals surface area (Å²) >= 11 is 0. The number of benzene rings is 6. The smallest absolute Gasteiger partial charge is 0.299 e. The van der Waals surface area contributed by atoms with E-state index >= 15 is 0 Å². The average Bonchev–Trinajstić information content (AvgIpc) is 3.35. The predicted octanol–water partition coefficient (Wildman–Crippen LogP) is 6.22. The Kier molecular flexibility index (Phi) is 16.3. The van der Waals surface area contributed by atoms with Crippen LogP contribution in [0.15, 0.2) is 112 Å². The van der Waals surface area contributed by atoms with E-state index in [4.69, 9.17) is 9.92 Å². The first kappa shape index (κ1) is 58.6. The van der Waals surface area contributed by atoms with Crippen LogP contribution in [0.2, 0.25) is 0 Å². The number of phenolic OH excluding ortho intramolecular Hbond substituents is 2. The molecule has 0 aliphatic carbocycles. The number of hydrogen-bond donors (Lipinski definition) is 6. The van der Waals surface area contributed by atoms with E-state index < -0.39 is 203 Å². The molecule has 0 spiro atoms. The Labute approximate surface area is 432 Å². The van der Waals surface area contributed by atoms with Gasteiger partial charge in [0.25, 0.3) is 72.1 Å². The molecule has 0 saturated carbocycles. The molecule has 0 heterocycles. The number of nitro groups is 2. The molecule has 0 saturated heterocycles. The largest absolute Gasteiger partial charge is 0.505 e. The van der Waals surface area contributed by atoms with Crippen LogP contribution >= 0.6 is 0 Å². The molecule has 0 aliphatic rings. The zero-order valence-electron chi connectivity index (χ0n) is 38.6. The van der Waals surface area contributed by atoms with E-state index in [2.05, 4.69) is 39.1 Å². The van der Waals surface area contributed by atoms with Crippen LogP contribution in [-0.2, 0) is 90.5 Å². The van der Waals surface area contributed by atoms with Crippen LogP contribution < -0.4 is 5.73 Å². The number of non-ortho nitro benzene ring substituents is 2. The second kappa shape index (κ2) is 21.4. The summed E-state index contributed by atoms with van der Waals surface area (Å²) in [6.07, 6.45) is 0. The monoisotopic (exact) mass is 1190 g/mol. The summed E-state index contributed by atoms with van der Waals surface area (Å²) in [5.41, 5.74) is -2.24. The number of rotatable bonds is 20. The van der Waals surface area contributed by atoms with Crippen LogP contribution in [0.3, 0.4) is 0 Å². The SMILES string of the molecule is COS(=O)(=O)c1cc2c(S(=O)(=O)OC)c(N=Nc3c(S(=O)(=O)OC)cc4cc(CS(=O)(=O)O)c(N=Nc5ccc([N+](=O)[O-])cc5CS(=O)(=O)O)c(O)c4c3N)ccc2c(O)c1N=Nc1ccc([N+](=O)[O-])cc1CS(=O)(=O)O. The van der Waals surface area contributed by atoms with Gasteiger partial charge in [-0.1, -0.05) is 0 Å². The van der Waals surface area contributed by atoms with Gasteiger partial charge in [0.15, 0.2) is 11.5 Å². The molecule has 6 aromatic carbocycles. The molecule has 0 fully saturated rings. The van der Waals surface area contributed by atoms with Crippen molar-refractivity contribution < 1.29 is 96.8 Å². The van der Waals surface area contributed by atoms with Gasteiger partial charge in [0.2, 0.25) is 0 Å². The van der Waals surface area contributed by atoms with E-state index in [1.54, 1.807) is 0 Å². The topological polar surface area (TPSA) is 520 Å². The van der Waals surface area contributed by atoms with Crippen molar-refractivity contribution in [3.05, 3.63) is 104 Å².